The molecule has 1 aliphatic rings. The maximum Gasteiger partial charge on any atom is 0.495 e. The highest BCUT2D eigenvalue weighted by atomic mass is 79.9. The number of aromatic nitrogens is 3. The third-order valence-corrected chi connectivity index (χ3v) is 32.6. The fraction of sp³-hybridized carbons (Fsp3) is 0.598. The molecule has 1 aliphatic heterocycles. The minimum absolute atomic E-state index is 0.0398. The Kier molecular flexibility index (Phi) is 30.5. The smallest absolute Gasteiger partial charge is 0.466 e. The number of benzene rings is 4. The number of hydrogen-bond donors (Lipinski definition) is 0. The Balaban J connectivity index is 0.000000312. The number of rotatable bonds is 26. The quantitative estimate of drug-likeness (QED) is 0.0380. The molecule has 102 heavy (non-hydrogen) atoms. The fourth-order valence-corrected chi connectivity index (χ4v) is 16.6. The molecule has 1 saturated heterocycles. The van der Waals surface area contributed by atoms with E-state index in [0.717, 1.165) is 78.3 Å². The van der Waals surface area contributed by atoms with Gasteiger partial charge in [0.25, 0.3) is 0 Å². The van der Waals surface area contributed by atoms with Crippen LogP contribution in [0.25, 0.3) is 11.3 Å². The van der Waals surface area contributed by atoms with E-state index in [0.29, 0.717) is 18.9 Å². The van der Waals surface area contributed by atoms with E-state index in [9.17, 15) is 9.59 Å². The Morgan fingerprint density at radius 1 is 0.490 bits per heavy atom. The molecule has 2 unspecified atom stereocenters. The first-order chi connectivity index (χ1) is 47.1. The van der Waals surface area contributed by atoms with Gasteiger partial charge in [-0.05, 0) is 251 Å². The number of halogens is 1. The van der Waals surface area contributed by atoms with Gasteiger partial charge in [-0.3, -0.25) is 24.5 Å². The second-order valence-electron chi connectivity index (χ2n) is 34.9. The lowest BCUT2D eigenvalue weighted by Crippen LogP contribution is -2.47. The third kappa shape index (κ3) is 22.2. The average molecular weight is 1500 g/mol. The summed E-state index contributed by atoms with van der Waals surface area (Å²) >= 11 is 3.26. The average Bonchev–Trinajstić information content (AvgIpc) is 1.35. The van der Waals surface area contributed by atoms with Gasteiger partial charge in [-0.15, -0.1) is 0 Å². The molecular weight excluding hydrogens is 1360 g/mol. The lowest BCUT2D eigenvalue weighted by molar-refractivity contribution is -0.143. The van der Waals surface area contributed by atoms with Gasteiger partial charge in [0.2, 0.25) is 0 Å². The van der Waals surface area contributed by atoms with Gasteiger partial charge in [-0.2, -0.15) is 0 Å². The monoisotopic (exact) mass is 1490 g/mol. The van der Waals surface area contributed by atoms with Crippen molar-refractivity contribution in [2.75, 3.05) is 13.2 Å². The van der Waals surface area contributed by atoms with Crippen LogP contribution in [0.2, 0.25) is 36.3 Å². The molecule has 2 aromatic heterocycles. The maximum atomic E-state index is 11.8. The summed E-state index contributed by atoms with van der Waals surface area (Å²) in [6, 6.07) is 31.8. The van der Waals surface area contributed by atoms with Crippen LogP contribution >= 0.6 is 15.9 Å². The number of nitrogens with zero attached hydrogens (tertiary/aromatic N) is 3. The zero-order valence-corrected chi connectivity index (χ0v) is 72.6. The second kappa shape index (κ2) is 35.5. The fourth-order valence-electron chi connectivity index (χ4n) is 13.3. The number of ether oxygens (including phenoxy) is 2. The van der Waals surface area contributed by atoms with Crippen LogP contribution in [0.5, 0.6) is 0 Å². The molecule has 0 saturated carbocycles. The van der Waals surface area contributed by atoms with Crippen LogP contribution in [-0.4, -0.2) is 87.3 Å². The molecule has 6 aromatic rings. The summed E-state index contributed by atoms with van der Waals surface area (Å²) in [5.74, 6) is -0.522. The van der Waals surface area contributed by atoms with Gasteiger partial charge >= 0.3 is 19.1 Å². The van der Waals surface area contributed by atoms with Gasteiger partial charge in [0.05, 0.1) is 72.7 Å². The molecule has 2 atom stereocenters. The van der Waals surface area contributed by atoms with E-state index in [1.165, 1.54) is 55.6 Å². The van der Waals surface area contributed by atoms with Crippen LogP contribution in [-0.2, 0) is 73.7 Å². The van der Waals surface area contributed by atoms with E-state index >= 15 is 0 Å². The van der Waals surface area contributed by atoms with Crippen molar-refractivity contribution in [3.05, 3.63) is 175 Å². The summed E-state index contributed by atoms with van der Waals surface area (Å²) in [6.45, 7) is 68.4. The molecule has 0 bridgehead atoms. The van der Waals surface area contributed by atoms with Gasteiger partial charge in [0, 0.05) is 33.3 Å². The topological polar surface area (TPSA) is 128 Å². The Bertz CT molecular complexity index is 3680. The normalized spacial score (nSPS) is 15.0. The highest BCUT2D eigenvalue weighted by Crippen LogP contribution is 2.46. The zero-order valence-electron chi connectivity index (χ0n) is 69.0. The molecule has 0 amide bonds. The number of esters is 2. The standard InChI is InChI=1S/C40H60N2O3Si.C38H63BO3Si.C9H10BrNO2/c1-14-40(15-2,32-20-21-34(29(5)24-32)35-27-41-33(26-42-35)25-37(43)44-16-3)31-19-17-30(28(4)23-31)18-22-36(38(6,7)8)45-46(12,13)39(9,10)11;1-17-38(18-2,31-22-23-32(28(4)26-31)39-41-36(11,12)37(13,14)42-39)30-21-19-29(27(3)25-30)20-24-33(34(5,6)7)40-43(15,16)35(8,9)10;1-2-13-9(12)5-8-4-3-7(10)6-11-8/h17,19-21,23-24,26-27,36H,14-16,18,22,25H2,1-13H3;19,21-23,25-26,33H,17-18,20,24H2,1-16H3;3-4,6H,2,5H2,1H3. The molecule has 3 heterocycles. The number of carbonyl (C=O) groups is 2. The van der Waals surface area contributed by atoms with Gasteiger partial charge in [0.1, 0.15) is 0 Å². The highest BCUT2D eigenvalue weighted by Gasteiger charge is 2.52. The molecule has 1 fully saturated rings. The molecule has 562 valence electrons. The van der Waals surface area contributed by atoms with Crippen molar-refractivity contribution < 1.29 is 37.2 Å². The van der Waals surface area contributed by atoms with Crippen LogP contribution in [0.1, 0.15) is 258 Å². The van der Waals surface area contributed by atoms with Crippen LogP contribution in [0, 0.1) is 38.5 Å². The van der Waals surface area contributed by atoms with E-state index in [2.05, 4.69) is 296 Å². The van der Waals surface area contributed by atoms with E-state index < -0.39 is 16.6 Å². The van der Waals surface area contributed by atoms with Crippen molar-refractivity contribution in [1.29, 1.82) is 0 Å². The third-order valence-electron chi connectivity index (χ3n) is 23.1. The van der Waals surface area contributed by atoms with E-state index in [1.807, 2.05) is 6.07 Å². The predicted molar refractivity (Wildman–Crippen MR) is 436 cm³/mol. The SMILES string of the molecule is CCC(CC)(c1ccc(CCC(O[Si](C)(C)C(C)(C)C)C(C)(C)C)c(C)c1)c1ccc(B2OC(C)(C)C(C)(C)O2)c(C)c1.CCOC(=O)Cc1ccc(Br)cn1.CCOC(=O)Cc1cnc(-c2ccc(C(CC)(CC)c3ccc(CCC(O[Si](C)(C)C(C)(C)C)C(C)(C)C)c(C)c3)cc2C)cn1. The van der Waals surface area contributed by atoms with Crippen molar-refractivity contribution in [2.24, 2.45) is 10.8 Å². The summed E-state index contributed by atoms with van der Waals surface area (Å²) < 4.78 is 37.5. The van der Waals surface area contributed by atoms with Crippen molar-refractivity contribution in [3.63, 3.8) is 0 Å². The molecule has 7 rings (SSSR count). The first-order valence-electron chi connectivity index (χ1n) is 38.0. The number of hydrogen-bond acceptors (Lipinski definition) is 11. The lowest BCUT2D eigenvalue weighted by Gasteiger charge is -2.43. The van der Waals surface area contributed by atoms with E-state index in [-0.39, 0.29) is 87.0 Å². The summed E-state index contributed by atoms with van der Waals surface area (Å²) in [5.41, 5.74) is 17.2. The Morgan fingerprint density at radius 3 is 1.21 bits per heavy atom. The molecule has 0 spiro atoms. The van der Waals surface area contributed by atoms with E-state index in [1.54, 1.807) is 38.5 Å². The highest BCUT2D eigenvalue weighted by molar-refractivity contribution is 9.10. The van der Waals surface area contributed by atoms with Crippen molar-refractivity contribution in [3.8, 4) is 11.3 Å². The molecule has 4 aromatic carbocycles. The van der Waals surface area contributed by atoms with Gasteiger partial charge in [-0.1, -0.05) is 189 Å². The Labute approximate surface area is 630 Å². The Morgan fingerprint density at radius 2 is 0.873 bits per heavy atom. The van der Waals surface area contributed by atoms with Crippen LogP contribution in [0.4, 0.5) is 0 Å². The number of aryl methyl sites for hydroxylation is 6. The number of pyridine rings is 1. The van der Waals surface area contributed by atoms with Crippen LogP contribution in [0.3, 0.4) is 0 Å². The molecule has 0 aliphatic carbocycles. The van der Waals surface area contributed by atoms with Crippen LogP contribution < -0.4 is 5.46 Å². The first-order valence-corrected chi connectivity index (χ1v) is 44.6. The summed E-state index contributed by atoms with van der Waals surface area (Å²) in [6.07, 6.45) is 14.2. The Hall–Kier alpha value is -5.13. The molecule has 0 N–H and O–H groups in total. The van der Waals surface area contributed by atoms with Crippen molar-refractivity contribution in [1.82, 2.24) is 15.0 Å². The molecule has 0 radical (unpaired) electrons. The van der Waals surface area contributed by atoms with Crippen LogP contribution in [0.15, 0.2) is 108 Å². The largest absolute Gasteiger partial charge is 0.495 e. The minimum Gasteiger partial charge on any atom is -0.466 e. The number of carbonyl (C=O) groups excluding carboxylic acids is 2. The molecule has 15 heteroatoms. The summed E-state index contributed by atoms with van der Waals surface area (Å²) in [7, 11) is -4.07. The maximum absolute atomic E-state index is 11.8. The zero-order chi connectivity index (χ0) is 77.0. The summed E-state index contributed by atoms with van der Waals surface area (Å²) in [5, 5.41) is 0.399. The minimum atomic E-state index is -1.88. The van der Waals surface area contributed by atoms with Gasteiger partial charge < -0.3 is 27.6 Å². The lowest BCUT2D eigenvalue weighted by atomic mass is 9.67. The molecular formula is C87H133BBrN3O8Si2. The molecule has 11 nitrogen and oxygen atoms in total. The van der Waals surface area contributed by atoms with E-state index in [4.69, 9.17) is 27.6 Å². The van der Waals surface area contributed by atoms with Crippen molar-refractivity contribution >= 4 is 57.1 Å². The predicted octanol–water partition coefficient (Wildman–Crippen LogP) is 22.4. The first kappa shape index (κ1) is 87.5. The van der Waals surface area contributed by atoms with Gasteiger partial charge in [0.15, 0.2) is 16.6 Å². The van der Waals surface area contributed by atoms with Crippen molar-refractivity contribution in [2.45, 2.75) is 315 Å². The van der Waals surface area contributed by atoms with Gasteiger partial charge in [-0.25, -0.2) is 0 Å². The summed E-state index contributed by atoms with van der Waals surface area (Å²) in [4.78, 5) is 36.0. The second-order valence-corrected chi connectivity index (χ2v) is 45.3.